The lowest BCUT2D eigenvalue weighted by molar-refractivity contribution is 0.163. The lowest BCUT2D eigenvalue weighted by Crippen LogP contribution is -2.38. The van der Waals surface area contributed by atoms with Crippen molar-refractivity contribution < 1.29 is 5.11 Å². The van der Waals surface area contributed by atoms with Crippen LogP contribution in [0.3, 0.4) is 0 Å². The first-order valence-electron chi connectivity index (χ1n) is 5.17. The zero-order valence-electron chi connectivity index (χ0n) is 9.72. The van der Waals surface area contributed by atoms with Crippen molar-refractivity contribution in [1.82, 2.24) is 5.32 Å². The number of hydrogen-bond donors (Lipinski definition) is 2. The van der Waals surface area contributed by atoms with Crippen LogP contribution in [0.4, 0.5) is 0 Å². The van der Waals surface area contributed by atoms with E-state index in [9.17, 15) is 5.11 Å². The van der Waals surface area contributed by atoms with Gasteiger partial charge in [0.05, 0.1) is 6.10 Å². The fraction of sp³-hybridized carbons (Fsp3) is 0.500. The molecule has 2 N–H and O–H groups in total. The van der Waals surface area contributed by atoms with Crippen molar-refractivity contribution in [2.75, 3.05) is 6.54 Å². The van der Waals surface area contributed by atoms with Crippen LogP contribution in [0.5, 0.6) is 0 Å². The molecule has 2 nitrogen and oxygen atoms in total. The average Bonchev–Trinajstić information content (AvgIpc) is 2.17. The second kappa shape index (κ2) is 5.37. The Morgan fingerprint density at radius 2 is 1.94 bits per heavy atom. The lowest BCUT2D eigenvalue weighted by atomic mass is 10.1. The zero-order chi connectivity index (χ0) is 12.3. The predicted octanol–water partition coefficient (Wildman–Crippen LogP) is 3.41. The Hall–Kier alpha value is -0.280. The van der Waals surface area contributed by atoms with Gasteiger partial charge in [-0.2, -0.15) is 0 Å². The molecule has 1 aromatic carbocycles. The molecule has 0 spiro atoms. The number of hydrogen-bond acceptors (Lipinski definition) is 2. The van der Waals surface area contributed by atoms with E-state index in [0.717, 1.165) is 0 Å². The van der Waals surface area contributed by atoms with E-state index in [-0.39, 0.29) is 5.54 Å². The van der Waals surface area contributed by atoms with E-state index in [4.69, 9.17) is 23.2 Å². The van der Waals surface area contributed by atoms with E-state index in [1.165, 1.54) is 0 Å². The highest BCUT2D eigenvalue weighted by atomic mass is 35.5. The Bertz CT molecular complexity index is 361. The predicted molar refractivity (Wildman–Crippen MR) is 69.2 cm³/mol. The summed E-state index contributed by atoms with van der Waals surface area (Å²) in [4.78, 5) is 0. The first kappa shape index (κ1) is 13.8. The van der Waals surface area contributed by atoms with Crippen LogP contribution in [0.1, 0.15) is 32.4 Å². The summed E-state index contributed by atoms with van der Waals surface area (Å²) in [6.45, 7) is 6.57. The molecule has 0 fully saturated rings. The minimum absolute atomic E-state index is 0.0357. The molecule has 0 heterocycles. The minimum atomic E-state index is -0.648. The number of β-amino-alcohol motifs (C(OH)–C–C–N with tert-alkyl or cyclic N) is 1. The monoisotopic (exact) mass is 261 g/mol. The molecular formula is C12H17Cl2NO. The fourth-order valence-electron chi connectivity index (χ4n) is 1.28. The summed E-state index contributed by atoms with van der Waals surface area (Å²) in [5, 5.41) is 14.3. The molecule has 0 aliphatic heterocycles. The summed E-state index contributed by atoms with van der Waals surface area (Å²) < 4.78 is 0. The molecule has 1 unspecified atom stereocenters. The molecule has 0 aliphatic rings. The van der Waals surface area contributed by atoms with E-state index in [1.54, 1.807) is 18.2 Å². The van der Waals surface area contributed by atoms with Gasteiger partial charge >= 0.3 is 0 Å². The zero-order valence-corrected chi connectivity index (χ0v) is 11.2. The highest BCUT2D eigenvalue weighted by molar-refractivity contribution is 6.33. The van der Waals surface area contributed by atoms with Crippen LogP contribution in [-0.4, -0.2) is 17.2 Å². The van der Waals surface area contributed by atoms with Gasteiger partial charge in [-0.15, -0.1) is 0 Å². The second-order valence-corrected chi connectivity index (χ2v) is 5.66. The number of aliphatic hydroxyl groups is 1. The molecule has 0 bridgehead atoms. The summed E-state index contributed by atoms with van der Waals surface area (Å²) in [5.41, 5.74) is 0.623. The van der Waals surface area contributed by atoms with Crippen molar-refractivity contribution in [3.63, 3.8) is 0 Å². The van der Waals surface area contributed by atoms with Gasteiger partial charge in [-0.1, -0.05) is 23.2 Å². The van der Waals surface area contributed by atoms with Crippen LogP contribution < -0.4 is 5.32 Å². The maximum atomic E-state index is 9.98. The van der Waals surface area contributed by atoms with Crippen molar-refractivity contribution in [3.05, 3.63) is 33.8 Å². The molecule has 0 amide bonds. The first-order chi connectivity index (χ1) is 7.29. The lowest BCUT2D eigenvalue weighted by Gasteiger charge is -2.23. The molecule has 16 heavy (non-hydrogen) atoms. The van der Waals surface area contributed by atoms with Crippen LogP contribution in [0.15, 0.2) is 18.2 Å². The van der Waals surface area contributed by atoms with E-state index in [2.05, 4.69) is 5.32 Å². The molecule has 1 atom stereocenters. The van der Waals surface area contributed by atoms with E-state index < -0.39 is 6.10 Å². The second-order valence-electron chi connectivity index (χ2n) is 4.81. The van der Waals surface area contributed by atoms with Gasteiger partial charge in [0, 0.05) is 27.7 Å². The number of rotatable bonds is 3. The third-order valence-electron chi connectivity index (χ3n) is 2.14. The van der Waals surface area contributed by atoms with Gasteiger partial charge in [0.25, 0.3) is 0 Å². The van der Waals surface area contributed by atoms with Gasteiger partial charge in [0.15, 0.2) is 0 Å². The number of aliphatic hydroxyl groups excluding tert-OH is 1. The Kier molecular flexibility index (Phi) is 4.62. The van der Waals surface area contributed by atoms with Gasteiger partial charge in [0.1, 0.15) is 0 Å². The molecular weight excluding hydrogens is 245 g/mol. The SMILES string of the molecule is CC(C)(C)NCC(O)c1cc(Cl)ccc1Cl. The summed E-state index contributed by atoms with van der Waals surface area (Å²) in [7, 11) is 0. The Morgan fingerprint density at radius 1 is 1.31 bits per heavy atom. The molecule has 90 valence electrons. The molecule has 1 aromatic rings. The molecule has 4 heteroatoms. The largest absolute Gasteiger partial charge is 0.387 e. The summed E-state index contributed by atoms with van der Waals surface area (Å²) in [5.74, 6) is 0. The molecule has 0 radical (unpaired) electrons. The Balaban J connectivity index is 2.73. The highest BCUT2D eigenvalue weighted by Gasteiger charge is 2.15. The molecule has 0 saturated heterocycles. The van der Waals surface area contributed by atoms with Gasteiger partial charge in [0.2, 0.25) is 0 Å². The van der Waals surface area contributed by atoms with Crippen LogP contribution in [0.25, 0.3) is 0 Å². The molecule has 1 rings (SSSR count). The van der Waals surface area contributed by atoms with Crippen molar-refractivity contribution in [3.8, 4) is 0 Å². The number of halogens is 2. The van der Waals surface area contributed by atoms with Gasteiger partial charge in [-0.3, -0.25) is 0 Å². The quantitative estimate of drug-likeness (QED) is 0.874. The maximum Gasteiger partial charge on any atom is 0.0929 e. The van der Waals surface area contributed by atoms with Crippen molar-refractivity contribution in [2.45, 2.75) is 32.4 Å². The normalized spacial score (nSPS) is 13.9. The van der Waals surface area contributed by atoms with Crippen molar-refractivity contribution in [1.29, 1.82) is 0 Å². The maximum absolute atomic E-state index is 9.98. The first-order valence-corrected chi connectivity index (χ1v) is 5.93. The van der Waals surface area contributed by atoms with Gasteiger partial charge < -0.3 is 10.4 Å². The third-order valence-corrected chi connectivity index (χ3v) is 2.72. The summed E-state index contributed by atoms with van der Waals surface area (Å²) in [6.07, 6.45) is -0.648. The molecule has 0 aliphatic carbocycles. The van der Waals surface area contributed by atoms with Crippen LogP contribution >= 0.6 is 23.2 Å². The Labute approximate surface area is 107 Å². The van der Waals surface area contributed by atoms with Crippen molar-refractivity contribution in [2.24, 2.45) is 0 Å². The topological polar surface area (TPSA) is 32.3 Å². The van der Waals surface area contributed by atoms with E-state index in [0.29, 0.717) is 22.2 Å². The highest BCUT2D eigenvalue weighted by Crippen LogP contribution is 2.26. The van der Waals surface area contributed by atoms with Crippen LogP contribution in [0, 0.1) is 0 Å². The minimum Gasteiger partial charge on any atom is -0.387 e. The van der Waals surface area contributed by atoms with Crippen molar-refractivity contribution >= 4 is 23.2 Å². The fourth-order valence-corrected chi connectivity index (χ4v) is 1.71. The summed E-state index contributed by atoms with van der Waals surface area (Å²) >= 11 is 11.9. The van der Waals surface area contributed by atoms with Gasteiger partial charge in [-0.25, -0.2) is 0 Å². The average molecular weight is 262 g/mol. The van der Waals surface area contributed by atoms with Crippen LogP contribution in [0.2, 0.25) is 10.0 Å². The molecule has 0 aromatic heterocycles. The standard InChI is InChI=1S/C12H17Cl2NO/c1-12(2,3)15-7-11(16)9-6-8(13)4-5-10(9)14/h4-6,11,15-16H,7H2,1-3H3. The smallest absolute Gasteiger partial charge is 0.0929 e. The molecule has 0 saturated carbocycles. The third kappa shape index (κ3) is 4.30. The Morgan fingerprint density at radius 3 is 2.50 bits per heavy atom. The van der Waals surface area contributed by atoms with Gasteiger partial charge in [-0.05, 0) is 39.0 Å². The van der Waals surface area contributed by atoms with E-state index >= 15 is 0 Å². The summed E-state index contributed by atoms with van der Waals surface area (Å²) in [6, 6.07) is 5.09. The van der Waals surface area contributed by atoms with E-state index in [1.807, 2.05) is 20.8 Å². The number of nitrogens with one attached hydrogen (secondary N) is 1. The van der Waals surface area contributed by atoms with Crippen LogP contribution in [-0.2, 0) is 0 Å². The number of benzene rings is 1.